The molecule has 9 heteroatoms. The average Bonchev–Trinajstić information content (AvgIpc) is 2.67. The van der Waals surface area contributed by atoms with E-state index < -0.39 is 23.0 Å². The van der Waals surface area contributed by atoms with Crippen molar-refractivity contribution in [2.45, 2.75) is 0 Å². The molecule has 8 nitrogen and oxygen atoms in total. The van der Waals surface area contributed by atoms with Gasteiger partial charge in [-0.1, -0.05) is 0 Å². The van der Waals surface area contributed by atoms with Gasteiger partial charge in [-0.2, -0.15) is 0 Å². The highest BCUT2D eigenvalue weighted by molar-refractivity contribution is 5.90. The Morgan fingerprint density at radius 3 is 2.56 bits per heavy atom. The monoisotopic (exact) mass is 373 g/mol. The van der Waals surface area contributed by atoms with Gasteiger partial charge in [-0.3, -0.25) is 4.79 Å². The summed E-state index contributed by atoms with van der Waals surface area (Å²) < 4.78 is 24.8. The van der Waals surface area contributed by atoms with Crippen LogP contribution >= 0.6 is 0 Å². The third-order valence-corrected chi connectivity index (χ3v) is 4.10. The zero-order chi connectivity index (χ0) is 19.7. The zero-order valence-electron chi connectivity index (χ0n) is 14.8. The highest BCUT2D eigenvalue weighted by Gasteiger charge is 2.17. The number of anilines is 1. The topological polar surface area (TPSA) is 102 Å². The van der Waals surface area contributed by atoms with Crippen molar-refractivity contribution in [3.05, 3.63) is 62.6 Å². The molecule has 0 aliphatic carbocycles. The van der Waals surface area contributed by atoms with Crippen molar-refractivity contribution in [1.29, 1.82) is 0 Å². The van der Waals surface area contributed by atoms with Gasteiger partial charge >= 0.3 is 11.7 Å². The van der Waals surface area contributed by atoms with Crippen LogP contribution in [-0.4, -0.2) is 36.8 Å². The summed E-state index contributed by atoms with van der Waals surface area (Å²) in [5.41, 5.74) is -0.818. The van der Waals surface area contributed by atoms with E-state index in [-0.39, 0.29) is 33.6 Å². The number of benzene rings is 2. The lowest BCUT2D eigenvalue weighted by atomic mass is 10.1. The lowest BCUT2D eigenvalue weighted by Crippen LogP contribution is -2.34. The van der Waals surface area contributed by atoms with Crippen LogP contribution in [0.15, 0.2) is 39.9 Å². The summed E-state index contributed by atoms with van der Waals surface area (Å²) in [6, 6.07) is 6.51. The minimum absolute atomic E-state index is 0.00908. The van der Waals surface area contributed by atoms with Gasteiger partial charge in [0.2, 0.25) is 0 Å². The van der Waals surface area contributed by atoms with Crippen molar-refractivity contribution in [2.24, 2.45) is 0 Å². The van der Waals surface area contributed by atoms with Gasteiger partial charge in [0.25, 0.3) is 5.56 Å². The van der Waals surface area contributed by atoms with Crippen LogP contribution in [-0.2, 0) is 4.74 Å². The lowest BCUT2D eigenvalue weighted by Gasteiger charge is -2.12. The number of H-pyrrole nitrogens is 1. The van der Waals surface area contributed by atoms with Crippen LogP contribution in [0.2, 0.25) is 0 Å². The fourth-order valence-corrected chi connectivity index (χ4v) is 2.75. The Bertz CT molecular complexity index is 1170. The predicted molar refractivity (Wildman–Crippen MR) is 97.6 cm³/mol. The Labute approximate surface area is 152 Å². The Balaban J connectivity index is 2.30. The van der Waals surface area contributed by atoms with Gasteiger partial charge in [-0.25, -0.2) is 18.5 Å². The molecule has 0 amide bonds. The first-order valence-electron chi connectivity index (χ1n) is 7.84. The molecule has 1 heterocycles. The molecule has 0 unspecified atom stereocenters. The molecule has 140 valence electrons. The van der Waals surface area contributed by atoms with Gasteiger partial charge in [-0.05, 0) is 30.3 Å². The first-order chi connectivity index (χ1) is 12.9. The van der Waals surface area contributed by atoms with Crippen LogP contribution in [0, 0.1) is 5.82 Å². The fraction of sp³-hybridized carbons (Fsp3) is 0.167. The van der Waals surface area contributed by atoms with Gasteiger partial charge in [0.1, 0.15) is 11.6 Å². The molecule has 27 heavy (non-hydrogen) atoms. The first kappa shape index (κ1) is 18.2. The molecule has 0 bridgehead atoms. The van der Waals surface area contributed by atoms with E-state index in [0.717, 1.165) is 10.6 Å². The van der Waals surface area contributed by atoms with Crippen LogP contribution in [0.4, 0.5) is 10.1 Å². The highest BCUT2D eigenvalue weighted by atomic mass is 19.1. The summed E-state index contributed by atoms with van der Waals surface area (Å²) in [4.78, 5) is 39.6. The van der Waals surface area contributed by atoms with E-state index in [1.165, 1.54) is 45.5 Å². The molecule has 3 rings (SSSR count). The summed E-state index contributed by atoms with van der Waals surface area (Å²) in [5, 5.41) is 2.63. The van der Waals surface area contributed by atoms with E-state index in [0.29, 0.717) is 0 Å². The van der Waals surface area contributed by atoms with E-state index >= 15 is 0 Å². The summed E-state index contributed by atoms with van der Waals surface area (Å²) >= 11 is 0. The molecule has 0 aliphatic heterocycles. The van der Waals surface area contributed by atoms with Crippen molar-refractivity contribution in [2.75, 3.05) is 26.6 Å². The van der Waals surface area contributed by atoms with Gasteiger partial charge in [0.15, 0.2) is 0 Å². The lowest BCUT2D eigenvalue weighted by molar-refractivity contribution is 0.0600. The number of esters is 1. The number of methoxy groups -OCH3 is 2. The minimum Gasteiger partial charge on any atom is -0.495 e. The van der Waals surface area contributed by atoms with Gasteiger partial charge in [-0.15, -0.1) is 0 Å². The van der Waals surface area contributed by atoms with E-state index in [9.17, 15) is 18.8 Å². The van der Waals surface area contributed by atoms with Crippen molar-refractivity contribution < 1.29 is 18.7 Å². The quantitative estimate of drug-likeness (QED) is 0.675. The number of hydrogen-bond acceptors (Lipinski definition) is 6. The molecule has 3 aromatic rings. The van der Waals surface area contributed by atoms with Crippen LogP contribution in [0.1, 0.15) is 10.4 Å². The normalized spacial score (nSPS) is 10.7. The van der Waals surface area contributed by atoms with Crippen LogP contribution in [0.3, 0.4) is 0 Å². The molecule has 0 spiro atoms. The maximum atomic E-state index is 14.1. The number of aromatic amines is 1. The number of aromatic nitrogens is 2. The molecule has 2 aromatic carbocycles. The maximum absolute atomic E-state index is 14.1. The van der Waals surface area contributed by atoms with Crippen LogP contribution < -0.4 is 21.3 Å². The molecule has 0 atom stereocenters. The largest absolute Gasteiger partial charge is 0.495 e. The van der Waals surface area contributed by atoms with Crippen molar-refractivity contribution >= 4 is 22.6 Å². The average molecular weight is 373 g/mol. The number of hydrogen-bond donors (Lipinski definition) is 2. The number of fused-ring (bicyclic) bond motifs is 1. The third kappa shape index (κ3) is 3.03. The number of carbonyl (C=O) groups excluding carboxylic acids is 1. The Hall–Kier alpha value is -3.62. The number of rotatable bonds is 4. The van der Waals surface area contributed by atoms with Crippen molar-refractivity contribution in [3.8, 4) is 11.4 Å². The molecule has 0 saturated carbocycles. The second-order valence-corrected chi connectivity index (χ2v) is 5.58. The Morgan fingerprint density at radius 1 is 1.19 bits per heavy atom. The molecule has 0 aliphatic rings. The molecule has 0 radical (unpaired) electrons. The molecular weight excluding hydrogens is 357 g/mol. The maximum Gasteiger partial charge on any atom is 0.337 e. The fourth-order valence-electron chi connectivity index (χ4n) is 2.75. The predicted octanol–water partition coefficient (Wildman–Crippen LogP) is 1.66. The first-order valence-corrected chi connectivity index (χ1v) is 7.84. The summed E-state index contributed by atoms with van der Waals surface area (Å²) in [5.74, 6) is -1.12. The molecule has 2 N–H and O–H groups in total. The summed E-state index contributed by atoms with van der Waals surface area (Å²) in [7, 11) is 4.09. The number of nitrogens with zero attached hydrogens (tertiary/aromatic N) is 1. The Kier molecular flexibility index (Phi) is 4.68. The smallest absolute Gasteiger partial charge is 0.337 e. The molecule has 0 fully saturated rings. The summed E-state index contributed by atoms with van der Waals surface area (Å²) in [6.45, 7) is 0. The van der Waals surface area contributed by atoms with Crippen LogP contribution in [0.25, 0.3) is 16.6 Å². The van der Waals surface area contributed by atoms with Gasteiger partial charge in [0.05, 0.1) is 42.1 Å². The number of nitrogens with one attached hydrogen (secondary N) is 2. The number of carbonyl (C=O) groups is 1. The second-order valence-electron chi connectivity index (χ2n) is 5.58. The van der Waals surface area contributed by atoms with E-state index in [4.69, 9.17) is 4.74 Å². The van der Waals surface area contributed by atoms with Gasteiger partial charge < -0.3 is 19.8 Å². The van der Waals surface area contributed by atoms with E-state index in [1.54, 1.807) is 0 Å². The minimum atomic E-state index is -0.731. The van der Waals surface area contributed by atoms with E-state index in [1.807, 2.05) is 0 Å². The van der Waals surface area contributed by atoms with E-state index in [2.05, 4.69) is 15.0 Å². The SMILES string of the molecule is CNc1cc2[nH]c(=O)n(-c3ccc(C(=O)OC)cc3OC)c(=O)c2cc1F. The van der Waals surface area contributed by atoms with Crippen molar-refractivity contribution in [3.63, 3.8) is 0 Å². The third-order valence-electron chi connectivity index (χ3n) is 4.10. The molecule has 0 saturated heterocycles. The van der Waals surface area contributed by atoms with Crippen LogP contribution in [0.5, 0.6) is 5.75 Å². The van der Waals surface area contributed by atoms with Gasteiger partial charge in [0, 0.05) is 7.05 Å². The second kappa shape index (κ2) is 6.94. The van der Waals surface area contributed by atoms with Crippen molar-refractivity contribution in [1.82, 2.24) is 9.55 Å². The molecular formula is C18H16FN3O5. The Morgan fingerprint density at radius 2 is 1.93 bits per heavy atom. The highest BCUT2D eigenvalue weighted by Crippen LogP contribution is 2.24. The summed E-state index contributed by atoms with van der Waals surface area (Å²) in [6.07, 6.45) is 0. The number of halogens is 1. The standard InChI is InChI=1S/C18H16FN3O5/c1-20-13-8-12-10(7-11(13)19)16(23)22(18(25)21-12)14-5-4-9(17(24)27-3)6-15(14)26-2/h4-8,20H,1-3H3,(H,21,25). The molecule has 1 aromatic heterocycles. The number of ether oxygens (including phenoxy) is 2. The zero-order valence-corrected chi connectivity index (χ0v) is 14.8.